The minimum Gasteiger partial charge on any atom is -0.772 e. The summed E-state index contributed by atoms with van der Waals surface area (Å²) in [5.74, 6) is -0.786. The van der Waals surface area contributed by atoms with Gasteiger partial charge in [0.2, 0.25) is 0 Å². The average molecular weight is 488 g/mol. The smallest absolute Gasteiger partial charge is 0.144 e. The second-order valence-electron chi connectivity index (χ2n) is 6.81. The number of pyridine rings is 1. The summed E-state index contributed by atoms with van der Waals surface area (Å²) in [6.07, 6.45) is 1.89. The highest BCUT2D eigenvalue weighted by Gasteiger charge is 2.18. The molecule has 1 unspecified atom stereocenters. The number of para-hydroxylation sites is 1. The highest BCUT2D eigenvalue weighted by atomic mass is 79.9. The molecule has 4 rings (SSSR count). The van der Waals surface area contributed by atoms with Gasteiger partial charge in [-0.3, -0.25) is 9.19 Å². The predicted molar refractivity (Wildman–Crippen MR) is 116 cm³/mol. The third-order valence-electron chi connectivity index (χ3n) is 4.75. The molecular formula is C21H17BrFN4O2S-. The Labute approximate surface area is 183 Å². The van der Waals surface area contributed by atoms with E-state index in [-0.39, 0.29) is 23.6 Å². The van der Waals surface area contributed by atoms with Crippen LogP contribution in [0.25, 0.3) is 16.6 Å². The Morgan fingerprint density at radius 2 is 2.00 bits per heavy atom. The number of aromatic nitrogens is 3. The van der Waals surface area contributed by atoms with E-state index in [0.29, 0.717) is 0 Å². The molecule has 0 saturated carbocycles. The van der Waals surface area contributed by atoms with E-state index < -0.39 is 22.9 Å². The molecule has 0 aliphatic heterocycles. The monoisotopic (exact) mass is 487 g/mol. The number of hydrogen-bond donors (Lipinski definition) is 1. The lowest BCUT2D eigenvalue weighted by Gasteiger charge is -2.17. The van der Waals surface area contributed by atoms with Crippen LogP contribution in [0.3, 0.4) is 0 Å². The first kappa shape index (κ1) is 20.8. The third-order valence-corrected chi connectivity index (χ3v) is 5.77. The Kier molecular flexibility index (Phi) is 6.05. The van der Waals surface area contributed by atoms with Crippen molar-refractivity contribution in [2.24, 2.45) is 5.73 Å². The van der Waals surface area contributed by atoms with Crippen molar-refractivity contribution in [3.63, 3.8) is 0 Å². The average Bonchev–Trinajstić information content (AvgIpc) is 3.13. The zero-order chi connectivity index (χ0) is 21.3. The predicted octanol–water partition coefficient (Wildman–Crippen LogP) is 3.94. The van der Waals surface area contributed by atoms with Crippen molar-refractivity contribution in [2.75, 3.05) is 0 Å². The van der Waals surface area contributed by atoms with Gasteiger partial charge in [-0.05, 0) is 53.0 Å². The molecule has 0 saturated heterocycles. The van der Waals surface area contributed by atoms with Crippen molar-refractivity contribution in [3.05, 3.63) is 88.0 Å². The summed E-state index contributed by atoms with van der Waals surface area (Å²) in [6, 6.07) is 15.4. The van der Waals surface area contributed by atoms with Gasteiger partial charge in [0.1, 0.15) is 5.82 Å². The molecule has 0 radical (unpaired) electrons. The molecule has 0 aliphatic rings. The summed E-state index contributed by atoms with van der Waals surface area (Å²) >= 11 is 1.16. The van der Waals surface area contributed by atoms with Crippen molar-refractivity contribution < 1.29 is 13.2 Å². The quantitative estimate of drug-likeness (QED) is 0.415. The van der Waals surface area contributed by atoms with Gasteiger partial charge in [-0.1, -0.05) is 34.1 Å². The highest BCUT2D eigenvalue weighted by molar-refractivity contribution is 9.10. The van der Waals surface area contributed by atoms with Crippen molar-refractivity contribution in [2.45, 2.75) is 18.2 Å². The van der Waals surface area contributed by atoms with Crippen LogP contribution in [0.1, 0.15) is 23.0 Å². The van der Waals surface area contributed by atoms with E-state index in [2.05, 4.69) is 26.0 Å². The number of nitrogens with zero attached hydrogens (tertiary/aromatic N) is 3. The molecule has 2 aromatic heterocycles. The van der Waals surface area contributed by atoms with Crippen LogP contribution >= 0.6 is 15.9 Å². The number of fused-ring (bicyclic) bond motifs is 1. The summed E-state index contributed by atoms with van der Waals surface area (Å²) < 4.78 is 39.0. The zero-order valence-electron chi connectivity index (χ0n) is 15.7. The van der Waals surface area contributed by atoms with Crippen LogP contribution in [0.5, 0.6) is 0 Å². The molecule has 2 atom stereocenters. The first-order valence-corrected chi connectivity index (χ1v) is 11.1. The maximum absolute atomic E-state index is 14.3. The molecule has 4 aromatic rings. The Bertz CT molecular complexity index is 1250. The number of rotatable bonds is 6. The van der Waals surface area contributed by atoms with Gasteiger partial charge >= 0.3 is 0 Å². The molecular weight excluding hydrogens is 471 g/mol. The van der Waals surface area contributed by atoms with Gasteiger partial charge in [-0.25, -0.2) is 9.07 Å². The Morgan fingerprint density at radius 1 is 1.20 bits per heavy atom. The maximum Gasteiger partial charge on any atom is 0.144 e. The molecule has 6 nitrogen and oxygen atoms in total. The lowest BCUT2D eigenvalue weighted by atomic mass is 10.00. The van der Waals surface area contributed by atoms with E-state index >= 15 is 0 Å². The SMILES string of the molecule is N[C@@H](Cc1nc(CS(=O)[O-])ccc1F)c1ccccc1-n1ncc2cc(Br)ccc21. The van der Waals surface area contributed by atoms with Crippen molar-refractivity contribution >= 4 is 37.9 Å². The van der Waals surface area contributed by atoms with E-state index in [9.17, 15) is 13.2 Å². The maximum atomic E-state index is 14.3. The van der Waals surface area contributed by atoms with Gasteiger partial charge in [-0.2, -0.15) is 5.10 Å². The topological polar surface area (TPSA) is 96.9 Å². The lowest BCUT2D eigenvalue weighted by molar-refractivity contribution is 0.534. The first-order chi connectivity index (χ1) is 14.4. The highest BCUT2D eigenvalue weighted by Crippen LogP contribution is 2.27. The van der Waals surface area contributed by atoms with Crippen LogP contribution in [0.15, 0.2) is 65.3 Å². The molecule has 2 heterocycles. The summed E-state index contributed by atoms with van der Waals surface area (Å²) in [5.41, 5.74) is 9.35. The van der Waals surface area contributed by atoms with Gasteiger partial charge in [0, 0.05) is 22.3 Å². The standard InChI is InChI=1S/C21H18BrFN4O2S/c22-14-5-8-20-13(9-14)11-25-27(20)21-4-2-1-3-16(21)18(24)10-19-17(23)7-6-15(26-19)12-30(28)29/h1-9,11,18H,10,12,24H2,(H,28,29)/p-1/t18-/m0/s1. The van der Waals surface area contributed by atoms with Gasteiger partial charge in [-0.15, -0.1) is 0 Å². The van der Waals surface area contributed by atoms with Gasteiger partial charge in [0.05, 0.1) is 34.5 Å². The van der Waals surface area contributed by atoms with E-state index in [1.807, 2.05) is 42.5 Å². The summed E-state index contributed by atoms with van der Waals surface area (Å²) in [7, 11) is 0. The lowest BCUT2D eigenvalue weighted by Crippen LogP contribution is -2.18. The van der Waals surface area contributed by atoms with E-state index in [4.69, 9.17) is 5.73 Å². The third kappa shape index (κ3) is 4.34. The van der Waals surface area contributed by atoms with Crippen LogP contribution in [0, 0.1) is 5.82 Å². The fourth-order valence-electron chi connectivity index (χ4n) is 3.38. The van der Waals surface area contributed by atoms with Crippen molar-refractivity contribution in [3.8, 4) is 5.69 Å². The van der Waals surface area contributed by atoms with Crippen LogP contribution < -0.4 is 5.73 Å². The van der Waals surface area contributed by atoms with E-state index in [1.54, 1.807) is 10.9 Å². The fraction of sp³-hybridized carbons (Fsp3) is 0.143. The molecule has 30 heavy (non-hydrogen) atoms. The second-order valence-corrected chi connectivity index (χ2v) is 8.62. The molecule has 9 heteroatoms. The summed E-state index contributed by atoms with van der Waals surface area (Å²) in [5, 5.41) is 5.47. The van der Waals surface area contributed by atoms with Crippen LogP contribution in [-0.4, -0.2) is 23.5 Å². The molecule has 0 spiro atoms. The van der Waals surface area contributed by atoms with Crippen molar-refractivity contribution in [1.29, 1.82) is 0 Å². The van der Waals surface area contributed by atoms with Gasteiger partial charge in [0.15, 0.2) is 0 Å². The zero-order valence-corrected chi connectivity index (χ0v) is 18.1. The van der Waals surface area contributed by atoms with Gasteiger partial charge < -0.3 is 10.3 Å². The summed E-state index contributed by atoms with van der Waals surface area (Å²) in [6.45, 7) is 0. The molecule has 154 valence electrons. The van der Waals surface area contributed by atoms with Crippen LogP contribution in [0.2, 0.25) is 0 Å². The number of benzene rings is 2. The fourth-order valence-corrected chi connectivity index (χ4v) is 4.16. The Balaban J connectivity index is 1.69. The van der Waals surface area contributed by atoms with E-state index in [0.717, 1.165) is 26.6 Å². The molecule has 2 N–H and O–H groups in total. The molecule has 0 aliphatic carbocycles. The van der Waals surface area contributed by atoms with E-state index in [1.165, 1.54) is 12.1 Å². The summed E-state index contributed by atoms with van der Waals surface area (Å²) in [4.78, 5) is 4.15. The minimum atomic E-state index is -2.30. The second kappa shape index (κ2) is 8.73. The number of halogens is 2. The number of nitrogens with two attached hydrogens (primary N) is 1. The normalized spacial score (nSPS) is 13.5. The first-order valence-electron chi connectivity index (χ1n) is 9.10. The van der Waals surface area contributed by atoms with Crippen LogP contribution in [0.4, 0.5) is 4.39 Å². The van der Waals surface area contributed by atoms with Crippen molar-refractivity contribution in [1.82, 2.24) is 14.8 Å². The minimum absolute atomic E-state index is 0.118. The largest absolute Gasteiger partial charge is 0.772 e. The Morgan fingerprint density at radius 3 is 2.80 bits per heavy atom. The molecule has 0 fully saturated rings. The molecule has 0 bridgehead atoms. The van der Waals surface area contributed by atoms with Crippen LogP contribution in [-0.2, 0) is 23.3 Å². The molecule has 2 aromatic carbocycles. The Hall–Kier alpha value is -2.46. The molecule has 0 amide bonds. The van der Waals surface area contributed by atoms with Gasteiger partial charge in [0.25, 0.3) is 0 Å². The number of hydrogen-bond acceptors (Lipinski definition) is 5.